The van der Waals surface area contributed by atoms with Crippen molar-refractivity contribution < 1.29 is 4.39 Å². The number of alkyl halides is 1. The molecule has 0 unspecified atom stereocenters. The number of aromatic nitrogens is 2. The van der Waals surface area contributed by atoms with Crippen LogP contribution in [0.25, 0.3) is 0 Å². The Labute approximate surface area is 100.0 Å². The molecule has 1 saturated heterocycles. The lowest BCUT2D eigenvalue weighted by atomic mass is 9.93. The molecule has 1 N–H and O–H groups in total. The van der Waals surface area contributed by atoms with Gasteiger partial charge in [-0.25, -0.2) is 4.39 Å². The molecule has 3 nitrogen and oxygen atoms in total. The van der Waals surface area contributed by atoms with Gasteiger partial charge in [0.05, 0.1) is 16.4 Å². The largest absolute Gasteiger partial charge is 0.310 e. The molecule has 0 saturated carbocycles. The highest BCUT2D eigenvalue weighted by Crippen LogP contribution is 2.29. The van der Waals surface area contributed by atoms with Crippen LogP contribution in [0.5, 0.6) is 0 Å². The van der Waals surface area contributed by atoms with Gasteiger partial charge in [0.2, 0.25) is 0 Å². The monoisotopic (exact) mass is 245 g/mol. The molecule has 1 aromatic heterocycles. The van der Waals surface area contributed by atoms with Gasteiger partial charge in [-0.1, -0.05) is 18.5 Å². The summed E-state index contributed by atoms with van der Waals surface area (Å²) >= 11 is 6.23. The van der Waals surface area contributed by atoms with E-state index in [2.05, 4.69) is 10.4 Å². The standard InChI is InChI=1S/C11H17ClFN3/c1-3-8-10(12)9(16(4-2)15-8)5-11(13)6-14-7-11/h14H,3-7H2,1-2H3. The van der Waals surface area contributed by atoms with E-state index in [-0.39, 0.29) is 0 Å². The second-order valence-corrected chi connectivity index (χ2v) is 4.69. The van der Waals surface area contributed by atoms with Gasteiger partial charge in [0.15, 0.2) is 0 Å². The van der Waals surface area contributed by atoms with Crippen molar-refractivity contribution in [3.63, 3.8) is 0 Å². The summed E-state index contributed by atoms with van der Waals surface area (Å²) in [4.78, 5) is 0. The molecular formula is C11H17ClFN3. The zero-order valence-corrected chi connectivity index (χ0v) is 10.4. The third-order valence-corrected chi connectivity index (χ3v) is 3.50. The number of nitrogens with zero attached hydrogens (tertiary/aromatic N) is 2. The molecule has 16 heavy (non-hydrogen) atoms. The van der Waals surface area contributed by atoms with Gasteiger partial charge in [-0.2, -0.15) is 5.10 Å². The quantitative estimate of drug-likeness (QED) is 0.879. The first-order chi connectivity index (χ1) is 7.59. The van der Waals surface area contributed by atoms with Crippen molar-refractivity contribution in [3.05, 3.63) is 16.4 Å². The lowest BCUT2D eigenvalue weighted by Gasteiger charge is -2.35. The Hall–Kier alpha value is -0.610. The van der Waals surface area contributed by atoms with Crippen molar-refractivity contribution in [2.24, 2.45) is 0 Å². The van der Waals surface area contributed by atoms with Gasteiger partial charge in [-0.05, 0) is 13.3 Å². The third kappa shape index (κ3) is 1.96. The summed E-state index contributed by atoms with van der Waals surface area (Å²) < 4.78 is 15.9. The summed E-state index contributed by atoms with van der Waals surface area (Å²) in [6, 6.07) is 0. The Balaban J connectivity index is 2.27. The molecule has 1 fully saturated rings. The average Bonchev–Trinajstić information content (AvgIpc) is 2.53. The van der Waals surface area contributed by atoms with Crippen molar-refractivity contribution in [3.8, 4) is 0 Å². The predicted molar refractivity (Wildman–Crippen MR) is 62.7 cm³/mol. The highest BCUT2D eigenvalue weighted by molar-refractivity contribution is 6.31. The molecule has 0 bridgehead atoms. The van der Waals surface area contributed by atoms with Crippen LogP contribution in [0.4, 0.5) is 4.39 Å². The molecule has 0 radical (unpaired) electrons. The van der Waals surface area contributed by atoms with E-state index < -0.39 is 5.67 Å². The Morgan fingerprint density at radius 2 is 2.19 bits per heavy atom. The molecule has 1 aromatic rings. The fraction of sp³-hybridized carbons (Fsp3) is 0.727. The van der Waals surface area contributed by atoms with Crippen LogP contribution in [0, 0.1) is 0 Å². The van der Waals surface area contributed by atoms with Crippen LogP contribution in [0.3, 0.4) is 0 Å². The van der Waals surface area contributed by atoms with Gasteiger partial charge in [0.1, 0.15) is 5.67 Å². The van der Waals surface area contributed by atoms with E-state index >= 15 is 0 Å². The zero-order valence-electron chi connectivity index (χ0n) is 9.69. The van der Waals surface area contributed by atoms with Crippen LogP contribution < -0.4 is 5.32 Å². The van der Waals surface area contributed by atoms with Gasteiger partial charge in [-0.3, -0.25) is 4.68 Å². The molecule has 2 rings (SSSR count). The third-order valence-electron chi connectivity index (χ3n) is 3.06. The van der Waals surface area contributed by atoms with Crippen LogP contribution in [-0.4, -0.2) is 28.5 Å². The smallest absolute Gasteiger partial charge is 0.141 e. The summed E-state index contributed by atoms with van der Waals surface area (Å²) in [6.45, 7) is 5.57. The van der Waals surface area contributed by atoms with Crippen molar-refractivity contribution in [2.75, 3.05) is 13.1 Å². The number of hydrogen-bond donors (Lipinski definition) is 1. The molecule has 2 heterocycles. The Bertz CT molecular complexity index is 385. The second kappa shape index (κ2) is 4.34. The summed E-state index contributed by atoms with van der Waals surface area (Å²) in [6.07, 6.45) is 1.15. The second-order valence-electron chi connectivity index (χ2n) is 4.31. The zero-order chi connectivity index (χ0) is 11.8. The first-order valence-corrected chi connectivity index (χ1v) is 6.11. The maximum absolute atomic E-state index is 14.0. The van der Waals surface area contributed by atoms with Gasteiger partial charge in [0, 0.05) is 26.1 Å². The van der Waals surface area contributed by atoms with E-state index in [1.54, 1.807) is 0 Å². The Morgan fingerprint density at radius 3 is 2.62 bits per heavy atom. The maximum Gasteiger partial charge on any atom is 0.141 e. The van der Waals surface area contributed by atoms with Crippen LogP contribution >= 0.6 is 11.6 Å². The molecular weight excluding hydrogens is 229 g/mol. The Kier molecular flexibility index (Phi) is 3.22. The van der Waals surface area contributed by atoms with Crippen molar-refractivity contribution in [1.29, 1.82) is 0 Å². The van der Waals surface area contributed by atoms with E-state index in [9.17, 15) is 4.39 Å². The lowest BCUT2D eigenvalue weighted by Crippen LogP contribution is -2.57. The molecule has 5 heteroatoms. The first-order valence-electron chi connectivity index (χ1n) is 5.73. The fourth-order valence-corrected chi connectivity index (χ4v) is 2.34. The normalized spacial score (nSPS) is 18.5. The highest BCUT2D eigenvalue weighted by atomic mass is 35.5. The van der Waals surface area contributed by atoms with E-state index in [1.165, 1.54) is 0 Å². The number of rotatable bonds is 4. The minimum atomic E-state index is -1.14. The van der Waals surface area contributed by atoms with Gasteiger partial charge in [0.25, 0.3) is 0 Å². The SMILES string of the molecule is CCc1nn(CC)c(CC2(F)CNC2)c1Cl. The van der Waals surface area contributed by atoms with Crippen molar-refractivity contribution >= 4 is 11.6 Å². The van der Waals surface area contributed by atoms with Gasteiger partial charge in [-0.15, -0.1) is 0 Å². The predicted octanol–water partition coefficient (Wildman–Crippen LogP) is 1.97. The molecule has 1 aliphatic heterocycles. The molecule has 90 valence electrons. The molecule has 0 aromatic carbocycles. The van der Waals surface area contributed by atoms with E-state index in [1.807, 2.05) is 18.5 Å². The molecule has 0 spiro atoms. The highest BCUT2D eigenvalue weighted by Gasteiger charge is 2.38. The topological polar surface area (TPSA) is 29.9 Å². The summed E-state index contributed by atoms with van der Waals surface area (Å²) in [5.74, 6) is 0. The molecule has 1 aliphatic rings. The van der Waals surface area contributed by atoms with Gasteiger partial charge >= 0.3 is 0 Å². The number of aryl methyl sites for hydroxylation is 2. The van der Waals surface area contributed by atoms with E-state index in [0.29, 0.717) is 24.5 Å². The van der Waals surface area contributed by atoms with E-state index in [4.69, 9.17) is 11.6 Å². The van der Waals surface area contributed by atoms with Crippen LogP contribution in [0.2, 0.25) is 5.02 Å². The van der Waals surface area contributed by atoms with Crippen LogP contribution in [0.1, 0.15) is 25.2 Å². The first kappa shape index (κ1) is 11.9. The lowest BCUT2D eigenvalue weighted by molar-refractivity contribution is 0.0886. The fourth-order valence-electron chi connectivity index (χ4n) is 2.01. The maximum atomic E-state index is 14.0. The minimum Gasteiger partial charge on any atom is -0.310 e. The Morgan fingerprint density at radius 1 is 1.50 bits per heavy atom. The summed E-state index contributed by atoms with van der Waals surface area (Å²) in [5.41, 5.74) is 0.570. The van der Waals surface area contributed by atoms with Crippen molar-refractivity contribution in [2.45, 2.75) is 38.9 Å². The molecule has 0 atom stereocenters. The summed E-state index contributed by atoms with van der Waals surface area (Å²) in [7, 11) is 0. The van der Waals surface area contributed by atoms with Crippen LogP contribution in [-0.2, 0) is 19.4 Å². The molecule has 0 amide bonds. The van der Waals surface area contributed by atoms with Crippen molar-refractivity contribution in [1.82, 2.24) is 15.1 Å². The van der Waals surface area contributed by atoms with Gasteiger partial charge < -0.3 is 5.32 Å². The van der Waals surface area contributed by atoms with E-state index in [0.717, 1.165) is 24.4 Å². The summed E-state index contributed by atoms with van der Waals surface area (Å²) in [5, 5.41) is 7.99. The average molecular weight is 246 g/mol. The minimum absolute atomic E-state index is 0.361. The number of nitrogens with one attached hydrogen (secondary N) is 1. The molecule has 0 aliphatic carbocycles. The number of halogens is 2. The van der Waals surface area contributed by atoms with Crippen LogP contribution in [0.15, 0.2) is 0 Å². The number of hydrogen-bond acceptors (Lipinski definition) is 2.